The van der Waals surface area contributed by atoms with E-state index in [4.69, 9.17) is 9.57 Å². The van der Waals surface area contributed by atoms with Gasteiger partial charge in [0.25, 0.3) is 12.0 Å². The fourth-order valence-corrected chi connectivity index (χ4v) is 6.90. The number of aryl methyl sites for hydroxylation is 1. The average Bonchev–Trinajstić information content (AvgIpc) is 3.71. The summed E-state index contributed by atoms with van der Waals surface area (Å²) in [5.41, 5.74) is 5.17. The Hall–Kier alpha value is -3.97. The van der Waals surface area contributed by atoms with Crippen molar-refractivity contribution < 1.29 is 24.2 Å². The highest BCUT2D eigenvalue weighted by molar-refractivity contribution is 6.04. The Morgan fingerprint density at radius 2 is 1.87 bits per heavy atom. The summed E-state index contributed by atoms with van der Waals surface area (Å²) in [7, 11) is 0. The number of halogens is 1. The lowest BCUT2D eigenvalue weighted by molar-refractivity contribution is -0.128. The van der Waals surface area contributed by atoms with Gasteiger partial charge < -0.3 is 14.9 Å². The minimum atomic E-state index is -1.31. The zero-order valence-electron chi connectivity index (χ0n) is 27.3. The van der Waals surface area contributed by atoms with E-state index in [0.717, 1.165) is 25.0 Å². The quantitative estimate of drug-likeness (QED) is 0.211. The van der Waals surface area contributed by atoms with Crippen LogP contribution in [0, 0.1) is 5.82 Å². The molecule has 2 aliphatic rings. The van der Waals surface area contributed by atoms with Crippen molar-refractivity contribution in [3.8, 4) is 11.1 Å². The molecule has 2 aromatic heterocycles. The number of benzene rings is 2. The van der Waals surface area contributed by atoms with Crippen LogP contribution in [0.3, 0.4) is 0 Å². The number of hydrogen-bond donors (Lipinski definition) is 3. The third-order valence-electron chi connectivity index (χ3n) is 9.25. The Bertz CT molecular complexity index is 1820. The molecule has 0 spiro atoms. The van der Waals surface area contributed by atoms with Gasteiger partial charge in [-0.25, -0.2) is 24.2 Å². The minimum absolute atomic E-state index is 0.00194. The van der Waals surface area contributed by atoms with Gasteiger partial charge in [-0.15, -0.1) is 0 Å². The number of nitrogens with zero attached hydrogens (tertiary/aromatic N) is 5. The average molecular weight is 647 g/mol. The van der Waals surface area contributed by atoms with Crippen molar-refractivity contribution in [1.29, 1.82) is 0 Å². The van der Waals surface area contributed by atoms with Gasteiger partial charge in [0.15, 0.2) is 5.84 Å². The molecule has 2 aromatic carbocycles. The summed E-state index contributed by atoms with van der Waals surface area (Å²) in [6.07, 6.45) is 5.02. The summed E-state index contributed by atoms with van der Waals surface area (Å²) in [5.74, 6) is 0.419. The van der Waals surface area contributed by atoms with Crippen LogP contribution >= 0.6 is 0 Å². The third kappa shape index (κ3) is 6.73. The zero-order valence-corrected chi connectivity index (χ0v) is 27.3. The predicted molar refractivity (Wildman–Crippen MR) is 175 cm³/mol. The number of aliphatic imine (C=N–C) groups is 1. The molecular formula is C35H43FN6O5. The Morgan fingerprint density at radius 1 is 1.13 bits per heavy atom. The minimum Gasteiger partial charge on any atom is -0.388 e. The number of nitrogens with one attached hydrogen (secondary N) is 1. The molecule has 47 heavy (non-hydrogen) atoms. The molecule has 0 radical (unpaired) electrons. The molecule has 1 fully saturated rings. The fraction of sp³-hybridized carbons (Fsp3) is 0.486. The molecular weight excluding hydrogens is 603 g/mol. The fourth-order valence-electron chi connectivity index (χ4n) is 6.90. The van der Waals surface area contributed by atoms with E-state index in [0.29, 0.717) is 65.1 Å². The SMILES string of the molecule is CCCc1c(Cc2ccc(-c3ccccc3C3=NC(O)ON3)cc2F)c(=O)n(C2CCC(OC(CC)C(C)(C)O)CC2)c2ncnn12. The van der Waals surface area contributed by atoms with Crippen LogP contribution in [0.5, 0.6) is 0 Å². The molecule has 2 unspecified atom stereocenters. The molecule has 12 heteroatoms. The highest BCUT2D eigenvalue weighted by Gasteiger charge is 2.33. The highest BCUT2D eigenvalue weighted by Crippen LogP contribution is 2.33. The van der Waals surface area contributed by atoms with Gasteiger partial charge >= 0.3 is 0 Å². The van der Waals surface area contributed by atoms with E-state index in [9.17, 15) is 15.0 Å². The largest absolute Gasteiger partial charge is 0.388 e. The number of amidine groups is 1. The lowest BCUT2D eigenvalue weighted by atomic mass is 9.91. The third-order valence-corrected chi connectivity index (χ3v) is 9.25. The lowest BCUT2D eigenvalue weighted by Crippen LogP contribution is -2.41. The normalized spacial score (nSPS) is 20.7. The summed E-state index contributed by atoms with van der Waals surface area (Å²) in [6.45, 7) is 7.59. The number of rotatable bonds is 11. The zero-order chi connectivity index (χ0) is 33.3. The van der Waals surface area contributed by atoms with Gasteiger partial charge in [0.2, 0.25) is 5.78 Å². The van der Waals surface area contributed by atoms with E-state index in [-0.39, 0.29) is 30.2 Å². The molecule has 4 aromatic rings. The first kappa shape index (κ1) is 33.0. The van der Waals surface area contributed by atoms with Crippen LogP contribution in [0.25, 0.3) is 16.9 Å². The van der Waals surface area contributed by atoms with Crippen LogP contribution in [0.4, 0.5) is 4.39 Å². The molecule has 0 bridgehead atoms. The van der Waals surface area contributed by atoms with Gasteiger partial charge in [-0.05, 0) is 75.1 Å². The van der Waals surface area contributed by atoms with Crippen molar-refractivity contribution in [2.45, 2.75) is 109 Å². The molecule has 1 saturated carbocycles. The Morgan fingerprint density at radius 3 is 2.51 bits per heavy atom. The Balaban J connectivity index is 1.31. The predicted octanol–water partition coefficient (Wildman–Crippen LogP) is 4.85. The van der Waals surface area contributed by atoms with Crippen LogP contribution < -0.4 is 11.0 Å². The molecule has 6 rings (SSSR count). The molecule has 3 N–H and O–H groups in total. The first-order valence-corrected chi connectivity index (χ1v) is 16.5. The van der Waals surface area contributed by atoms with Crippen LogP contribution in [0.15, 0.2) is 58.6 Å². The molecule has 1 aliphatic carbocycles. The number of ether oxygens (including phenoxy) is 1. The molecule has 250 valence electrons. The van der Waals surface area contributed by atoms with E-state index in [1.165, 1.54) is 12.4 Å². The Labute approximate surface area is 273 Å². The van der Waals surface area contributed by atoms with Gasteiger partial charge in [0.1, 0.15) is 12.1 Å². The second-order valence-corrected chi connectivity index (χ2v) is 13.0. The summed E-state index contributed by atoms with van der Waals surface area (Å²) in [6, 6.07) is 12.2. The number of aliphatic hydroxyl groups excluding tert-OH is 1. The molecule has 11 nitrogen and oxygen atoms in total. The topological polar surface area (TPSA) is 136 Å². The lowest BCUT2D eigenvalue weighted by Gasteiger charge is -2.36. The summed E-state index contributed by atoms with van der Waals surface area (Å²) in [5, 5.41) is 24.7. The smallest absolute Gasteiger partial charge is 0.280 e. The maximum absolute atomic E-state index is 15.9. The molecule has 2 atom stereocenters. The first-order valence-electron chi connectivity index (χ1n) is 16.5. The molecule has 1 aliphatic heterocycles. The maximum Gasteiger partial charge on any atom is 0.280 e. The number of hydrogen-bond acceptors (Lipinski definition) is 9. The van der Waals surface area contributed by atoms with Crippen LogP contribution in [-0.4, -0.2) is 59.4 Å². The summed E-state index contributed by atoms with van der Waals surface area (Å²) >= 11 is 0. The standard InChI is InChI=1S/C35H43FN6O5/c1-5-9-29-27(18-22-13-12-21(19-28(22)36)25-10-7-8-11-26(25)31-39-34(44)47-40-31)32(43)41(33-37-20-38-42(29)33)23-14-16-24(17-15-23)46-30(6-2)35(3,4)45/h7-8,10-13,19-20,23-24,30,34,44-45H,5-6,9,14-18H2,1-4H3,(H,39,40). The van der Waals surface area contributed by atoms with Gasteiger partial charge in [-0.1, -0.05) is 56.7 Å². The number of hydroxylamine groups is 1. The van der Waals surface area contributed by atoms with Gasteiger partial charge in [0, 0.05) is 23.6 Å². The van der Waals surface area contributed by atoms with Gasteiger partial charge in [-0.3, -0.25) is 9.36 Å². The number of aromatic nitrogens is 4. The first-order chi connectivity index (χ1) is 22.6. The number of aliphatic hydroxyl groups is 2. The van der Waals surface area contributed by atoms with E-state index in [1.54, 1.807) is 29.0 Å². The van der Waals surface area contributed by atoms with Crippen LogP contribution in [-0.2, 0) is 22.4 Å². The van der Waals surface area contributed by atoms with E-state index >= 15 is 4.39 Å². The van der Waals surface area contributed by atoms with Crippen molar-refractivity contribution >= 4 is 11.6 Å². The van der Waals surface area contributed by atoms with Crippen molar-refractivity contribution in [3.05, 3.63) is 87.3 Å². The summed E-state index contributed by atoms with van der Waals surface area (Å²) in [4.78, 5) is 27.9. The summed E-state index contributed by atoms with van der Waals surface area (Å²) < 4.78 is 25.7. The van der Waals surface area contributed by atoms with Gasteiger partial charge in [0.05, 0.1) is 23.5 Å². The van der Waals surface area contributed by atoms with Gasteiger partial charge in [-0.2, -0.15) is 10.1 Å². The molecule has 0 amide bonds. The van der Waals surface area contributed by atoms with Crippen molar-refractivity contribution in [2.24, 2.45) is 4.99 Å². The van der Waals surface area contributed by atoms with E-state index in [1.807, 2.05) is 44.2 Å². The Kier molecular flexibility index (Phi) is 9.56. The maximum atomic E-state index is 15.9. The van der Waals surface area contributed by atoms with Crippen LogP contribution in [0.2, 0.25) is 0 Å². The van der Waals surface area contributed by atoms with Crippen molar-refractivity contribution in [2.75, 3.05) is 0 Å². The van der Waals surface area contributed by atoms with Crippen molar-refractivity contribution in [3.63, 3.8) is 0 Å². The van der Waals surface area contributed by atoms with Crippen LogP contribution in [0.1, 0.15) is 94.6 Å². The molecule has 0 saturated heterocycles. The second kappa shape index (κ2) is 13.6. The van der Waals surface area contributed by atoms with E-state index < -0.39 is 17.8 Å². The molecule has 3 heterocycles. The monoisotopic (exact) mass is 646 g/mol. The van der Waals surface area contributed by atoms with E-state index in [2.05, 4.69) is 20.6 Å². The highest BCUT2D eigenvalue weighted by atomic mass is 19.1. The number of fused-ring (bicyclic) bond motifs is 1. The second-order valence-electron chi connectivity index (χ2n) is 13.0. The van der Waals surface area contributed by atoms with Crippen molar-refractivity contribution in [1.82, 2.24) is 24.6 Å².